The lowest BCUT2D eigenvalue weighted by molar-refractivity contribution is 0.0774. The predicted octanol–water partition coefficient (Wildman–Crippen LogP) is 2.91. The maximum atomic E-state index is 12.9. The SMILES string of the molecule is O=C(NC1CCCCCC1)c1nc(C(=O)N2CCCC2)n2c1CCCC2. The van der Waals surface area contributed by atoms with Crippen LogP contribution in [0.3, 0.4) is 0 Å². The number of carbonyl (C=O) groups is 2. The fourth-order valence-corrected chi connectivity index (χ4v) is 4.63. The molecule has 6 heteroatoms. The van der Waals surface area contributed by atoms with E-state index in [1.165, 1.54) is 25.7 Å². The first kappa shape index (κ1) is 17.6. The van der Waals surface area contributed by atoms with Gasteiger partial charge in [0.1, 0.15) is 5.69 Å². The maximum absolute atomic E-state index is 12.9. The molecule has 1 saturated carbocycles. The van der Waals surface area contributed by atoms with Gasteiger partial charge in [0.05, 0.1) is 5.69 Å². The van der Waals surface area contributed by atoms with E-state index in [0.717, 1.165) is 70.3 Å². The summed E-state index contributed by atoms with van der Waals surface area (Å²) in [5, 5.41) is 3.21. The van der Waals surface area contributed by atoms with Crippen molar-refractivity contribution in [3.05, 3.63) is 17.2 Å². The van der Waals surface area contributed by atoms with E-state index in [1.807, 2.05) is 9.47 Å². The second kappa shape index (κ2) is 7.80. The number of amides is 2. The molecular weight excluding hydrogens is 328 g/mol. The predicted molar refractivity (Wildman–Crippen MR) is 99.3 cm³/mol. The summed E-state index contributed by atoms with van der Waals surface area (Å²) >= 11 is 0. The number of fused-ring (bicyclic) bond motifs is 1. The highest BCUT2D eigenvalue weighted by atomic mass is 16.2. The Hall–Kier alpha value is -1.85. The Morgan fingerprint density at radius 2 is 1.58 bits per heavy atom. The van der Waals surface area contributed by atoms with E-state index in [4.69, 9.17) is 0 Å². The molecule has 142 valence electrons. The highest BCUT2D eigenvalue weighted by Crippen LogP contribution is 2.24. The highest BCUT2D eigenvalue weighted by molar-refractivity contribution is 5.97. The Morgan fingerprint density at radius 1 is 0.885 bits per heavy atom. The average molecular weight is 358 g/mol. The Labute approximate surface area is 155 Å². The Morgan fingerprint density at radius 3 is 2.31 bits per heavy atom. The van der Waals surface area contributed by atoms with Crippen LogP contribution < -0.4 is 5.32 Å². The van der Waals surface area contributed by atoms with Crippen molar-refractivity contribution < 1.29 is 9.59 Å². The Bertz CT molecular complexity index is 668. The van der Waals surface area contributed by atoms with Gasteiger partial charge in [0.2, 0.25) is 0 Å². The van der Waals surface area contributed by atoms with Gasteiger partial charge < -0.3 is 14.8 Å². The van der Waals surface area contributed by atoms with Crippen LogP contribution in [0, 0.1) is 0 Å². The number of hydrogen-bond acceptors (Lipinski definition) is 3. The van der Waals surface area contributed by atoms with Gasteiger partial charge in [0.15, 0.2) is 5.82 Å². The molecule has 6 nitrogen and oxygen atoms in total. The molecule has 26 heavy (non-hydrogen) atoms. The van der Waals surface area contributed by atoms with Gasteiger partial charge in [-0.2, -0.15) is 0 Å². The van der Waals surface area contributed by atoms with Gasteiger partial charge >= 0.3 is 0 Å². The van der Waals surface area contributed by atoms with Gasteiger partial charge in [-0.3, -0.25) is 9.59 Å². The second-order valence-electron chi connectivity index (χ2n) is 8.00. The minimum Gasteiger partial charge on any atom is -0.348 e. The number of hydrogen-bond donors (Lipinski definition) is 1. The summed E-state index contributed by atoms with van der Waals surface area (Å²) in [6.45, 7) is 2.42. The third-order valence-electron chi connectivity index (χ3n) is 6.11. The number of carbonyl (C=O) groups excluding carboxylic acids is 2. The van der Waals surface area contributed by atoms with Crippen LogP contribution in [-0.2, 0) is 13.0 Å². The number of nitrogens with one attached hydrogen (secondary N) is 1. The standard InChI is InChI=1S/C20H30N4O2/c25-19(21-15-9-3-1-2-4-10-15)17-16-11-5-6-14-24(16)18(22-17)20(26)23-12-7-8-13-23/h15H,1-14H2,(H,21,25). The van der Waals surface area contributed by atoms with Crippen molar-refractivity contribution in [1.29, 1.82) is 0 Å². The highest BCUT2D eigenvalue weighted by Gasteiger charge is 2.31. The minimum atomic E-state index is -0.0805. The molecule has 2 fully saturated rings. The minimum absolute atomic E-state index is 0.000772. The monoisotopic (exact) mass is 358 g/mol. The molecule has 2 aliphatic heterocycles. The third kappa shape index (κ3) is 3.51. The van der Waals surface area contributed by atoms with E-state index in [2.05, 4.69) is 10.3 Å². The number of aromatic nitrogens is 2. The Balaban J connectivity index is 1.57. The van der Waals surface area contributed by atoms with E-state index in [0.29, 0.717) is 11.5 Å². The number of likely N-dealkylation sites (tertiary alicyclic amines) is 1. The normalized spacial score (nSPS) is 21.3. The quantitative estimate of drug-likeness (QED) is 0.845. The first-order valence-electron chi connectivity index (χ1n) is 10.4. The van der Waals surface area contributed by atoms with Crippen molar-refractivity contribution in [1.82, 2.24) is 19.8 Å². The molecule has 1 aromatic rings. The van der Waals surface area contributed by atoms with E-state index in [-0.39, 0.29) is 17.9 Å². The molecule has 0 aromatic carbocycles. The zero-order chi connectivity index (χ0) is 17.9. The molecular formula is C20H30N4O2. The fraction of sp³-hybridized carbons (Fsp3) is 0.750. The molecule has 3 heterocycles. The van der Waals surface area contributed by atoms with Crippen LogP contribution in [0.4, 0.5) is 0 Å². The van der Waals surface area contributed by atoms with Crippen molar-refractivity contribution in [2.45, 2.75) is 83.2 Å². The molecule has 0 radical (unpaired) electrons. The smallest absolute Gasteiger partial charge is 0.289 e. The van der Waals surface area contributed by atoms with Crippen molar-refractivity contribution in [2.75, 3.05) is 13.1 Å². The van der Waals surface area contributed by atoms with Gasteiger partial charge in [-0.05, 0) is 44.9 Å². The number of nitrogens with zero attached hydrogens (tertiary/aromatic N) is 3. The van der Waals surface area contributed by atoms with E-state index in [9.17, 15) is 9.59 Å². The van der Waals surface area contributed by atoms with E-state index < -0.39 is 0 Å². The largest absolute Gasteiger partial charge is 0.348 e. The molecule has 0 bridgehead atoms. The van der Waals surface area contributed by atoms with Crippen LogP contribution in [0.1, 0.15) is 91.0 Å². The van der Waals surface area contributed by atoms with Crippen LogP contribution >= 0.6 is 0 Å². The second-order valence-corrected chi connectivity index (χ2v) is 8.00. The van der Waals surface area contributed by atoms with Gasteiger partial charge in [0, 0.05) is 25.7 Å². The summed E-state index contributed by atoms with van der Waals surface area (Å²) in [5.74, 6) is 0.398. The lowest BCUT2D eigenvalue weighted by Gasteiger charge is -2.20. The average Bonchev–Trinajstić information content (AvgIpc) is 3.25. The molecule has 1 saturated heterocycles. The zero-order valence-electron chi connectivity index (χ0n) is 15.6. The summed E-state index contributed by atoms with van der Waals surface area (Å²) in [6, 6.07) is 0.253. The molecule has 1 N–H and O–H groups in total. The Kier molecular flexibility index (Phi) is 5.27. The van der Waals surface area contributed by atoms with Crippen molar-refractivity contribution in [3.8, 4) is 0 Å². The topological polar surface area (TPSA) is 67.2 Å². The zero-order valence-corrected chi connectivity index (χ0v) is 15.6. The van der Waals surface area contributed by atoms with Gasteiger partial charge in [0.25, 0.3) is 11.8 Å². The summed E-state index contributed by atoms with van der Waals surface area (Å²) in [5.41, 5.74) is 1.46. The van der Waals surface area contributed by atoms with Crippen LogP contribution in [-0.4, -0.2) is 45.4 Å². The molecule has 1 aliphatic carbocycles. The van der Waals surface area contributed by atoms with Gasteiger partial charge in [-0.15, -0.1) is 0 Å². The molecule has 4 rings (SSSR count). The van der Waals surface area contributed by atoms with Gasteiger partial charge in [-0.1, -0.05) is 25.7 Å². The molecule has 2 amide bonds. The summed E-state index contributed by atoms with van der Waals surface area (Å²) in [7, 11) is 0. The number of imidazole rings is 1. The molecule has 3 aliphatic rings. The van der Waals surface area contributed by atoms with Crippen molar-refractivity contribution in [2.24, 2.45) is 0 Å². The van der Waals surface area contributed by atoms with Crippen LogP contribution in [0.2, 0.25) is 0 Å². The third-order valence-corrected chi connectivity index (χ3v) is 6.11. The summed E-state index contributed by atoms with van der Waals surface area (Å²) < 4.78 is 2.02. The van der Waals surface area contributed by atoms with E-state index in [1.54, 1.807) is 0 Å². The first-order chi connectivity index (χ1) is 12.7. The first-order valence-corrected chi connectivity index (χ1v) is 10.4. The lowest BCUT2D eigenvalue weighted by Crippen LogP contribution is -2.35. The summed E-state index contributed by atoms with van der Waals surface area (Å²) in [6.07, 6.45) is 12.1. The van der Waals surface area contributed by atoms with Gasteiger partial charge in [-0.25, -0.2) is 4.98 Å². The van der Waals surface area contributed by atoms with Crippen molar-refractivity contribution in [3.63, 3.8) is 0 Å². The number of rotatable bonds is 3. The van der Waals surface area contributed by atoms with Crippen LogP contribution in [0.15, 0.2) is 0 Å². The fourth-order valence-electron chi connectivity index (χ4n) is 4.63. The van der Waals surface area contributed by atoms with Crippen molar-refractivity contribution >= 4 is 11.8 Å². The summed E-state index contributed by atoms with van der Waals surface area (Å²) in [4.78, 5) is 32.3. The molecule has 0 spiro atoms. The van der Waals surface area contributed by atoms with E-state index >= 15 is 0 Å². The lowest BCUT2D eigenvalue weighted by atomic mass is 10.1. The molecule has 0 unspecified atom stereocenters. The van der Waals surface area contributed by atoms with Crippen LogP contribution in [0.25, 0.3) is 0 Å². The molecule has 1 aromatic heterocycles. The maximum Gasteiger partial charge on any atom is 0.289 e. The van der Waals surface area contributed by atoms with Crippen LogP contribution in [0.5, 0.6) is 0 Å². The molecule has 0 atom stereocenters.